The van der Waals surface area contributed by atoms with Crippen LogP contribution in [0.4, 0.5) is 0 Å². The van der Waals surface area contributed by atoms with E-state index in [0.29, 0.717) is 17.5 Å². The van der Waals surface area contributed by atoms with Gasteiger partial charge in [-0.3, -0.25) is 0 Å². The van der Waals surface area contributed by atoms with Crippen LogP contribution in [0, 0.1) is 0 Å². The molecular weight excluding hydrogens is 793 g/mol. The monoisotopic (exact) mass is 830 g/mol. The average molecular weight is 831 g/mol. The molecule has 13 aromatic rings. The number of hydrogen-bond acceptors (Lipinski definition) is 3. The molecule has 0 saturated carbocycles. The van der Waals surface area contributed by atoms with E-state index in [-0.39, 0.29) is 0 Å². The van der Waals surface area contributed by atoms with E-state index >= 15 is 0 Å². The third kappa shape index (κ3) is 6.07. The molecular formula is C59H38N6. The maximum Gasteiger partial charge on any atom is 0.164 e. The SMILES string of the molecule is c1ccc(-c2nc(-c3ccccc3)nc(-c3cccc(-c4cccc(-n5c6cc7ccn(-c8ccccc8)c7cc6c6ccc7c8ccccc8n(-c8ccccc8)c7c65)c4)c3)n2)cc1. The van der Waals surface area contributed by atoms with E-state index in [2.05, 4.69) is 184 Å². The van der Waals surface area contributed by atoms with Crippen molar-refractivity contribution in [3.63, 3.8) is 0 Å². The zero-order valence-corrected chi connectivity index (χ0v) is 35.1. The maximum atomic E-state index is 5.06. The van der Waals surface area contributed by atoms with Gasteiger partial charge >= 0.3 is 0 Å². The van der Waals surface area contributed by atoms with Gasteiger partial charge in [0.15, 0.2) is 17.5 Å². The highest BCUT2D eigenvalue weighted by Crippen LogP contribution is 2.43. The lowest BCUT2D eigenvalue weighted by atomic mass is 10.0. The largest absolute Gasteiger partial charge is 0.317 e. The lowest BCUT2D eigenvalue weighted by molar-refractivity contribution is 1.07. The van der Waals surface area contributed by atoms with Gasteiger partial charge in [-0.05, 0) is 77.9 Å². The van der Waals surface area contributed by atoms with Crippen molar-refractivity contribution in [1.82, 2.24) is 28.7 Å². The van der Waals surface area contributed by atoms with E-state index in [1.54, 1.807) is 0 Å². The van der Waals surface area contributed by atoms with E-state index in [1.807, 2.05) is 60.7 Å². The van der Waals surface area contributed by atoms with E-state index in [4.69, 9.17) is 15.0 Å². The van der Waals surface area contributed by atoms with Crippen LogP contribution in [0.3, 0.4) is 0 Å². The Morgan fingerprint density at radius 2 is 0.769 bits per heavy atom. The molecule has 65 heavy (non-hydrogen) atoms. The van der Waals surface area contributed by atoms with Crippen molar-refractivity contribution in [2.75, 3.05) is 0 Å². The molecule has 13 rings (SSSR count). The summed E-state index contributed by atoms with van der Waals surface area (Å²) in [5.74, 6) is 1.90. The zero-order valence-electron chi connectivity index (χ0n) is 35.1. The second-order valence-corrected chi connectivity index (χ2v) is 16.5. The maximum absolute atomic E-state index is 5.06. The van der Waals surface area contributed by atoms with Crippen LogP contribution in [-0.4, -0.2) is 28.7 Å². The van der Waals surface area contributed by atoms with Crippen LogP contribution < -0.4 is 0 Å². The van der Waals surface area contributed by atoms with Crippen molar-refractivity contribution in [2.24, 2.45) is 0 Å². The summed E-state index contributed by atoms with van der Waals surface area (Å²) in [6.07, 6.45) is 2.18. The van der Waals surface area contributed by atoms with E-state index in [1.165, 1.54) is 43.5 Å². The van der Waals surface area contributed by atoms with Crippen molar-refractivity contribution in [3.8, 4) is 62.4 Å². The smallest absolute Gasteiger partial charge is 0.164 e. The highest BCUT2D eigenvalue weighted by atomic mass is 15.1. The predicted octanol–water partition coefficient (Wildman–Crippen LogP) is 14.7. The average Bonchev–Trinajstić information content (AvgIpc) is 4.06. The summed E-state index contributed by atoms with van der Waals surface area (Å²) in [6, 6.07) is 79.5. The van der Waals surface area contributed by atoms with Gasteiger partial charge in [0.1, 0.15) is 0 Å². The minimum absolute atomic E-state index is 0.626. The number of para-hydroxylation sites is 3. The number of nitrogens with zero attached hydrogens (tertiary/aromatic N) is 6. The Morgan fingerprint density at radius 3 is 1.45 bits per heavy atom. The lowest BCUT2D eigenvalue weighted by Gasteiger charge is -2.14. The summed E-state index contributed by atoms with van der Waals surface area (Å²) in [6.45, 7) is 0. The Labute approximate surface area is 374 Å². The molecule has 6 heteroatoms. The molecule has 0 fully saturated rings. The van der Waals surface area contributed by atoms with Crippen molar-refractivity contribution >= 4 is 54.5 Å². The molecule has 0 N–H and O–H groups in total. The van der Waals surface area contributed by atoms with Crippen molar-refractivity contribution in [2.45, 2.75) is 0 Å². The van der Waals surface area contributed by atoms with Crippen molar-refractivity contribution in [1.29, 1.82) is 0 Å². The van der Waals surface area contributed by atoms with Gasteiger partial charge in [0.2, 0.25) is 0 Å². The van der Waals surface area contributed by atoms with Crippen LogP contribution in [0.5, 0.6) is 0 Å². The molecule has 0 atom stereocenters. The second-order valence-electron chi connectivity index (χ2n) is 16.5. The highest BCUT2D eigenvalue weighted by molar-refractivity contribution is 6.25. The Morgan fingerprint density at radius 1 is 0.277 bits per heavy atom. The van der Waals surface area contributed by atoms with Crippen molar-refractivity contribution in [3.05, 3.63) is 231 Å². The number of aromatic nitrogens is 6. The highest BCUT2D eigenvalue weighted by Gasteiger charge is 2.23. The second kappa shape index (κ2) is 14.9. The Hall–Kier alpha value is -8.87. The number of rotatable bonds is 7. The summed E-state index contributed by atoms with van der Waals surface area (Å²) in [4.78, 5) is 15.1. The fourth-order valence-corrected chi connectivity index (χ4v) is 9.70. The van der Waals surface area contributed by atoms with Gasteiger partial charge < -0.3 is 13.7 Å². The molecule has 0 radical (unpaired) electrons. The third-order valence-corrected chi connectivity index (χ3v) is 12.7. The van der Waals surface area contributed by atoms with Gasteiger partial charge in [-0.1, -0.05) is 158 Å². The van der Waals surface area contributed by atoms with Crippen LogP contribution in [0.2, 0.25) is 0 Å². The van der Waals surface area contributed by atoms with Gasteiger partial charge in [-0.15, -0.1) is 0 Å². The molecule has 0 unspecified atom stereocenters. The van der Waals surface area contributed by atoms with Gasteiger partial charge in [-0.25, -0.2) is 15.0 Å². The predicted molar refractivity (Wildman–Crippen MR) is 267 cm³/mol. The third-order valence-electron chi connectivity index (χ3n) is 12.7. The van der Waals surface area contributed by atoms with Crippen LogP contribution in [0.15, 0.2) is 231 Å². The molecule has 0 aliphatic carbocycles. The first-order valence-electron chi connectivity index (χ1n) is 21.9. The first-order valence-corrected chi connectivity index (χ1v) is 21.9. The van der Waals surface area contributed by atoms with Crippen LogP contribution in [0.1, 0.15) is 0 Å². The standard InChI is InChI=1S/C59H38N6/c1-5-17-39(18-6-1)57-60-58(40-19-7-2-8-20-40)62-59(61-57)44-23-15-21-41(35-44)42-22-16-28-47(36-42)65-54-37-43-33-34-63(45-24-9-3-10-25-45)53(43)38-51(54)50-32-31-49-48-29-13-14-30-52(48)64(55(49)56(50)65)46-26-11-4-12-27-46/h1-38H. The molecule has 0 bridgehead atoms. The summed E-state index contributed by atoms with van der Waals surface area (Å²) < 4.78 is 7.23. The van der Waals surface area contributed by atoms with Gasteiger partial charge in [0.25, 0.3) is 0 Å². The van der Waals surface area contributed by atoms with Gasteiger partial charge in [-0.2, -0.15) is 0 Å². The first-order chi connectivity index (χ1) is 32.2. The van der Waals surface area contributed by atoms with E-state index in [0.717, 1.165) is 55.9 Å². The Balaban J connectivity index is 1.04. The quantitative estimate of drug-likeness (QED) is 0.161. The molecule has 0 amide bonds. The molecule has 9 aromatic carbocycles. The lowest BCUT2D eigenvalue weighted by Crippen LogP contribution is -2.00. The summed E-state index contributed by atoms with van der Waals surface area (Å²) in [5, 5.41) is 6.00. The molecule has 4 aromatic heterocycles. The number of benzene rings is 9. The Bertz CT molecular complexity index is 3870. The molecule has 0 aliphatic rings. The normalized spacial score (nSPS) is 11.7. The molecule has 4 heterocycles. The topological polar surface area (TPSA) is 53.5 Å². The minimum Gasteiger partial charge on any atom is -0.317 e. The van der Waals surface area contributed by atoms with Gasteiger partial charge in [0, 0.05) is 66.9 Å². The first kappa shape index (κ1) is 36.8. The zero-order chi connectivity index (χ0) is 42.8. The molecule has 0 saturated heterocycles. The summed E-state index contributed by atoms with van der Waals surface area (Å²) >= 11 is 0. The van der Waals surface area contributed by atoms with Gasteiger partial charge in [0.05, 0.1) is 27.6 Å². The van der Waals surface area contributed by atoms with Crippen molar-refractivity contribution < 1.29 is 0 Å². The minimum atomic E-state index is 0.626. The fraction of sp³-hybridized carbons (Fsp3) is 0. The Kier molecular flexibility index (Phi) is 8.42. The van der Waals surface area contributed by atoms with Crippen LogP contribution in [-0.2, 0) is 0 Å². The summed E-state index contributed by atoms with van der Waals surface area (Å²) in [7, 11) is 0. The molecule has 0 aliphatic heterocycles. The molecule has 6 nitrogen and oxygen atoms in total. The fourth-order valence-electron chi connectivity index (χ4n) is 9.70. The van der Waals surface area contributed by atoms with Crippen LogP contribution in [0.25, 0.3) is 117 Å². The number of hydrogen-bond donors (Lipinski definition) is 0. The van der Waals surface area contributed by atoms with E-state index in [9.17, 15) is 0 Å². The van der Waals surface area contributed by atoms with E-state index < -0.39 is 0 Å². The molecule has 0 spiro atoms. The van der Waals surface area contributed by atoms with Crippen LogP contribution >= 0.6 is 0 Å². The number of fused-ring (bicyclic) bond motifs is 8. The molecule has 304 valence electrons. The summed E-state index contributed by atoms with van der Waals surface area (Å²) in [5.41, 5.74) is 14.1.